The van der Waals surface area contributed by atoms with Gasteiger partial charge < -0.3 is 0 Å². The van der Waals surface area contributed by atoms with Crippen LogP contribution in [0.25, 0.3) is 0 Å². The van der Waals surface area contributed by atoms with Gasteiger partial charge in [-0.05, 0) is 30.0 Å². The SMILES string of the molecule is O=C1c2ccccc2C(=O)N1CC[S@@](=O)CCc1cccs1. The van der Waals surface area contributed by atoms with Crippen LogP contribution in [0, 0.1) is 0 Å². The van der Waals surface area contributed by atoms with Gasteiger partial charge in [-0.2, -0.15) is 0 Å². The van der Waals surface area contributed by atoms with Crippen molar-refractivity contribution in [3.63, 3.8) is 0 Å². The fourth-order valence-corrected chi connectivity index (χ4v) is 4.28. The number of carbonyl (C=O) groups excluding carboxylic acids is 2. The lowest BCUT2D eigenvalue weighted by molar-refractivity contribution is 0.0664. The van der Waals surface area contributed by atoms with Gasteiger partial charge in [0.15, 0.2) is 0 Å². The number of imide groups is 1. The molecular weight excluding hydrogens is 318 g/mol. The second kappa shape index (κ2) is 6.54. The van der Waals surface area contributed by atoms with Gasteiger partial charge in [-0.1, -0.05) is 18.2 Å². The summed E-state index contributed by atoms with van der Waals surface area (Å²) in [6, 6.07) is 10.8. The maximum atomic E-state index is 12.2. The number of hydrogen-bond acceptors (Lipinski definition) is 4. The molecule has 1 atom stereocenters. The minimum atomic E-state index is -1.04. The summed E-state index contributed by atoms with van der Waals surface area (Å²) in [5, 5.41) is 2.00. The molecule has 0 aliphatic carbocycles. The van der Waals surface area contributed by atoms with Crippen LogP contribution in [0.15, 0.2) is 41.8 Å². The van der Waals surface area contributed by atoms with E-state index in [0.717, 1.165) is 6.42 Å². The Balaban J connectivity index is 1.55. The summed E-state index contributed by atoms with van der Waals surface area (Å²) in [6.07, 6.45) is 0.770. The van der Waals surface area contributed by atoms with E-state index < -0.39 is 10.8 Å². The number of aryl methyl sites for hydroxylation is 1. The van der Waals surface area contributed by atoms with E-state index in [1.807, 2.05) is 17.5 Å². The van der Waals surface area contributed by atoms with Gasteiger partial charge in [0.2, 0.25) is 0 Å². The molecule has 6 heteroatoms. The first-order chi connectivity index (χ1) is 10.7. The maximum absolute atomic E-state index is 12.2. The third kappa shape index (κ3) is 3.03. The Kier molecular flexibility index (Phi) is 4.49. The molecule has 2 heterocycles. The van der Waals surface area contributed by atoms with Gasteiger partial charge in [0, 0.05) is 33.7 Å². The van der Waals surface area contributed by atoms with Crippen molar-refractivity contribution in [3.8, 4) is 0 Å². The van der Waals surface area contributed by atoms with E-state index >= 15 is 0 Å². The van der Waals surface area contributed by atoms with Gasteiger partial charge in [0.1, 0.15) is 0 Å². The minimum absolute atomic E-state index is 0.212. The first-order valence-electron chi connectivity index (χ1n) is 6.99. The van der Waals surface area contributed by atoms with Crippen molar-refractivity contribution in [2.24, 2.45) is 0 Å². The maximum Gasteiger partial charge on any atom is 0.261 e. The first kappa shape index (κ1) is 15.1. The molecular formula is C16H15NO3S2. The van der Waals surface area contributed by atoms with E-state index in [-0.39, 0.29) is 18.4 Å². The van der Waals surface area contributed by atoms with Gasteiger partial charge in [-0.3, -0.25) is 18.7 Å². The number of nitrogens with zero attached hydrogens (tertiary/aromatic N) is 1. The Labute approximate surface area is 135 Å². The van der Waals surface area contributed by atoms with E-state index in [1.165, 1.54) is 9.78 Å². The third-order valence-electron chi connectivity index (χ3n) is 3.58. The summed E-state index contributed by atoms with van der Waals surface area (Å²) in [6.45, 7) is 0.212. The standard InChI is InChI=1S/C16H15NO3S2/c18-15-13-5-1-2-6-14(13)16(19)17(15)8-11-22(20)10-7-12-4-3-9-21-12/h1-6,9H,7-8,10-11H2/t22-/m0/s1. The van der Waals surface area contributed by atoms with E-state index in [0.29, 0.717) is 22.6 Å². The summed E-state index contributed by atoms with van der Waals surface area (Å²) in [7, 11) is -1.04. The molecule has 0 radical (unpaired) electrons. The van der Waals surface area contributed by atoms with E-state index in [1.54, 1.807) is 35.6 Å². The zero-order valence-corrected chi connectivity index (χ0v) is 13.5. The number of carbonyl (C=O) groups is 2. The zero-order valence-electron chi connectivity index (χ0n) is 11.9. The smallest absolute Gasteiger partial charge is 0.261 e. The van der Waals surface area contributed by atoms with Crippen LogP contribution in [-0.4, -0.2) is 39.0 Å². The van der Waals surface area contributed by atoms with Gasteiger partial charge in [-0.25, -0.2) is 0 Å². The van der Waals surface area contributed by atoms with Crippen molar-refractivity contribution < 1.29 is 13.8 Å². The predicted octanol–water partition coefficient (Wildman–Crippen LogP) is 2.34. The van der Waals surface area contributed by atoms with Crippen molar-refractivity contribution in [2.45, 2.75) is 6.42 Å². The molecule has 0 N–H and O–H groups in total. The average Bonchev–Trinajstić information content (AvgIpc) is 3.13. The molecule has 1 aromatic heterocycles. The molecule has 0 bridgehead atoms. The molecule has 0 unspecified atom stereocenters. The van der Waals surface area contributed by atoms with Gasteiger partial charge in [0.25, 0.3) is 11.8 Å². The summed E-state index contributed by atoms with van der Waals surface area (Å²) in [5.74, 6) is 0.326. The van der Waals surface area contributed by atoms with Crippen LogP contribution < -0.4 is 0 Å². The van der Waals surface area contributed by atoms with Crippen molar-refractivity contribution in [1.29, 1.82) is 0 Å². The van der Waals surface area contributed by atoms with Gasteiger partial charge in [0.05, 0.1) is 11.1 Å². The fourth-order valence-electron chi connectivity index (χ4n) is 2.41. The number of thiophene rings is 1. The first-order valence-corrected chi connectivity index (χ1v) is 9.36. The molecule has 3 rings (SSSR count). The molecule has 0 fully saturated rings. The second-order valence-corrected chi connectivity index (χ2v) is 7.71. The van der Waals surface area contributed by atoms with Crippen molar-refractivity contribution >= 4 is 34.0 Å². The lowest BCUT2D eigenvalue weighted by atomic mass is 10.1. The molecule has 4 nitrogen and oxygen atoms in total. The van der Waals surface area contributed by atoms with Crippen molar-refractivity contribution in [3.05, 3.63) is 57.8 Å². The fraction of sp³-hybridized carbons (Fsp3) is 0.250. The van der Waals surface area contributed by atoms with E-state index in [2.05, 4.69) is 0 Å². The highest BCUT2D eigenvalue weighted by Crippen LogP contribution is 2.22. The zero-order chi connectivity index (χ0) is 15.5. The second-order valence-electron chi connectivity index (χ2n) is 4.98. The predicted molar refractivity (Wildman–Crippen MR) is 87.7 cm³/mol. The Morgan fingerprint density at radius 3 is 2.23 bits per heavy atom. The number of amides is 2. The van der Waals surface area contributed by atoms with Crippen LogP contribution in [0.4, 0.5) is 0 Å². The molecule has 0 saturated carbocycles. The number of rotatable bonds is 6. The normalized spacial score (nSPS) is 15.2. The molecule has 114 valence electrons. The lowest BCUT2D eigenvalue weighted by Crippen LogP contribution is -2.33. The van der Waals surface area contributed by atoms with Crippen LogP contribution in [0.3, 0.4) is 0 Å². The highest BCUT2D eigenvalue weighted by atomic mass is 32.2. The summed E-state index contributed by atoms with van der Waals surface area (Å²) < 4.78 is 12.0. The third-order valence-corrected chi connectivity index (χ3v) is 5.81. The average molecular weight is 333 g/mol. The van der Waals surface area contributed by atoms with Crippen molar-refractivity contribution in [2.75, 3.05) is 18.1 Å². The lowest BCUT2D eigenvalue weighted by Gasteiger charge is -2.13. The molecule has 0 saturated heterocycles. The minimum Gasteiger partial charge on any atom is -0.273 e. The van der Waals surface area contributed by atoms with Crippen LogP contribution in [0.2, 0.25) is 0 Å². The Morgan fingerprint density at radius 1 is 0.955 bits per heavy atom. The monoisotopic (exact) mass is 333 g/mol. The van der Waals surface area contributed by atoms with E-state index in [4.69, 9.17) is 0 Å². The summed E-state index contributed by atoms with van der Waals surface area (Å²) in [4.78, 5) is 26.7. The number of benzene rings is 1. The Morgan fingerprint density at radius 2 is 1.64 bits per heavy atom. The Bertz CT molecular complexity index is 690. The molecule has 1 aromatic carbocycles. The highest BCUT2D eigenvalue weighted by molar-refractivity contribution is 7.85. The molecule has 22 heavy (non-hydrogen) atoms. The number of hydrogen-bond donors (Lipinski definition) is 0. The van der Waals surface area contributed by atoms with Crippen LogP contribution in [-0.2, 0) is 17.2 Å². The molecule has 2 amide bonds. The number of fused-ring (bicyclic) bond motifs is 1. The van der Waals surface area contributed by atoms with Crippen LogP contribution in [0.5, 0.6) is 0 Å². The topological polar surface area (TPSA) is 54.5 Å². The molecule has 1 aliphatic rings. The largest absolute Gasteiger partial charge is 0.273 e. The molecule has 1 aliphatic heterocycles. The van der Waals surface area contributed by atoms with Gasteiger partial charge in [-0.15, -0.1) is 11.3 Å². The highest BCUT2D eigenvalue weighted by Gasteiger charge is 2.34. The summed E-state index contributed by atoms with van der Waals surface area (Å²) in [5.41, 5.74) is 0.883. The molecule has 0 spiro atoms. The van der Waals surface area contributed by atoms with Gasteiger partial charge >= 0.3 is 0 Å². The van der Waals surface area contributed by atoms with Crippen LogP contribution in [0.1, 0.15) is 25.6 Å². The Hall–Kier alpha value is -1.79. The quantitative estimate of drug-likeness (QED) is 0.763. The van der Waals surface area contributed by atoms with Crippen LogP contribution >= 0.6 is 11.3 Å². The molecule has 2 aromatic rings. The summed E-state index contributed by atoms with van der Waals surface area (Å²) >= 11 is 1.65. The van der Waals surface area contributed by atoms with Crippen molar-refractivity contribution in [1.82, 2.24) is 4.90 Å². The van der Waals surface area contributed by atoms with E-state index in [9.17, 15) is 13.8 Å².